The Balaban J connectivity index is 1.52. The van der Waals surface area contributed by atoms with Gasteiger partial charge in [-0.15, -0.1) is 11.3 Å². The molecule has 0 aliphatic carbocycles. The Bertz CT molecular complexity index is 1110. The van der Waals surface area contributed by atoms with E-state index in [4.69, 9.17) is 11.6 Å². The summed E-state index contributed by atoms with van der Waals surface area (Å²) >= 11 is 7.43. The Morgan fingerprint density at radius 1 is 1.00 bits per heavy atom. The first kappa shape index (κ1) is 17.5. The predicted octanol–water partition coefficient (Wildman–Crippen LogP) is 6.74. The first-order valence-corrected chi connectivity index (χ1v) is 9.54. The quantitative estimate of drug-likeness (QED) is 0.392. The van der Waals surface area contributed by atoms with Crippen molar-refractivity contribution in [1.29, 1.82) is 0 Å². The van der Waals surface area contributed by atoms with Gasteiger partial charge in [0.2, 0.25) is 0 Å². The summed E-state index contributed by atoms with van der Waals surface area (Å²) in [6.45, 7) is 0. The van der Waals surface area contributed by atoms with E-state index in [2.05, 4.69) is 9.98 Å². The van der Waals surface area contributed by atoms with Crippen molar-refractivity contribution in [2.75, 3.05) is 0 Å². The van der Waals surface area contributed by atoms with Crippen molar-refractivity contribution in [1.82, 2.24) is 4.98 Å². The van der Waals surface area contributed by atoms with Crippen molar-refractivity contribution in [2.45, 2.75) is 0 Å². The molecule has 0 amide bonds. The summed E-state index contributed by atoms with van der Waals surface area (Å²) in [6.07, 6.45) is 5.48. The van der Waals surface area contributed by atoms with Crippen molar-refractivity contribution in [2.24, 2.45) is 4.99 Å². The van der Waals surface area contributed by atoms with E-state index in [1.165, 1.54) is 0 Å². The van der Waals surface area contributed by atoms with E-state index >= 15 is 0 Å². The second-order valence-corrected chi connectivity index (χ2v) is 7.34. The molecular formula is C22H15ClN2OS. The number of hydrogen-bond acceptors (Lipinski definition) is 4. The molecule has 0 bridgehead atoms. The van der Waals surface area contributed by atoms with Crippen molar-refractivity contribution < 1.29 is 5.11 Å². The van der Waals surface area contributed by atoms with Crippen molar-refractivity contribution in [3.05, 3.63) is 83.4 Å². The number of aromatic hydroxyl groups is 1. The molecule has 0 aliphatic heterocycles. The van der Waals surface area contributed by atoms with E-state index in [0.29, 0.717) is 16.3 Å². The highest BCUT2D eigenvalue weighted by Gasteiger charge is 2.10. The highest BCUT2D eigenvalue weighted by molar-refractivity contribution is 7.21. The lowest BCUT2D eigenvalue weighted by molar-refractivity contribution is 0.477. The predicted molar refractivity (Wildman–Crippen MR) is 115 cm³/mol. The largest absolute Gasteiger partial charge is 0.507 e. The lowest BCUT2D eigenvalue weighted by Gasteiger charge is -2.01. The van der Waals surface area contributed by atoms with Gasteiger partial charge < -0.3 is 5.11 Å². The zero-order valence-corrected chi connectivity index (χ0v) is 15.8. The molecule has 4 aromatic rings. The highest BCUT2D eigenvalue weighted by Crippen LogP contribution is 2.36. The minimum Gasteiger partial charge on any atom is -0.507 e. The number of nitrogens with zero attached hydrogens (tertiary/aromatic N) is 2. The summed E-state index contributed by atoms with van der Waals surface area (Å²) in [5.74, 6) is 0.172. The van der Waals surface area contributed by atoms with Gasteiger partial charge in [0.25, 0.3) is 0 Å². The molecule has 0 fully saturated rings. The molecular weight excluding hydrogens is 376 g/mol. The first-order valence-electron chi connectivity index (χ1n) is 8.34. The van der Waals surface area contributed by atoms with Crippen LogP contribution < -0.4 is 0 Å². The molecule has 3 nitrogen and oxygen atoms in total. The van der Waals surface area contributed by atoms with Crippen molar-refractivity contribution in [3.63, 3.8) is 0 Å². The van der Waals surface area contributed by atoms with Gasteiger partial charge in [-0.3, -0.25) is 4.99 Å². The first-order chi connectivity index (χ1) is 13.2. The molecule has 0 atom stereocenters. The van der Waals surface area contributed by atoms with Crippen LogP contribution in [-0.4, -0.2) is 16.3 Å². The van der Waals surface area contributed by atoms with Crippen LogP contribution >= 0.6 is 22.9 Å². The Kier molecular flexibility index (Phi) is 5.01. The summed E-state index contributed by atoms with van der Waals surface area (Å²) in [7, 11) is 0. The SMILES string of the molecule is Oc1cc(N=C/C=C/c2ccc(Cl)cc2)ccc1-c1nc2ccccc2s1. The molecule has 1 N–H and O–H groups in total. The molecule has 0 aliphatic rings. The molecule has 4 rings (SSSR count). The van der Waals surface area contributed by atoms with Gasteiger partial charge in [0.1, 0.15) is 10.8 Å². The second-order valence-electron chi connectivity index (χ2n) is 5.88. The Hall–Kier alpha value is -2.95. The average Bonchev–Trinajstić information content (AvgIpc) is 3.10. The van der Waals surface area contributed by atoms with E-state index in [9.17, 15) is 5.11 Å². The zero-order chi connectivity index (χ0) is 18.6. The maximum absolute atomic E-state index is 10.4. The zero-order valence-electron chi connectivity index (χ0n) is 14.2. The van der Waals surface area contributed by atoms with Crippen LogP contribution in [0.15, 0.2) is 77.8 Å². The summed E-state index contributed by atoms with van der Waals surface area (Å²) in [5, 5.41) is 11.9. The number of aromatic nitrogens is 1. The number of para-hydroxylation sites is 1. The third-order valence-electron chi connectivity index (χ3n) is 3.97. The van der Waals surface area contributed by atoms with Gasteiger partial charge >= 0.3 is 0 Å². The number of phenolic OH excluding ortho intramolecular Hbond substituents is 1. The van der Waals surface area contributed by atoms with Gasteiger partial charge in [-0.05, 0) is 48.0 Å². The summed E-state index contributed by atoms with van der Waals surface area (Å²) in [5.41, 5.74) is 3.37. The lowest BCUT2D eigenvalue weighted by Crippen LogP contribution is -1.78. The monoisotopic (exact) mass is 390 g/mol. The fraction of sp³-hybridized carbons (Fsp3) is 0. The van der Waals surface area contributed by atoms with Gasteiger partial charge in [-0.2, -0.15) is 0 Å². The van der Waals surface area contributed by atoms with Crippen molar-refractivity contribution in [3.8, 4) is 16.3 Å². The van der Waals surface area contributed by atoms with Crippen LogP contribution in [0.4, 0.5) is 5.69 Å². The Morgan fingerprint density at radius 3 is 2.59 bits per heavy atom. The van der Waals surface area contributed by atoms with Gasteiger partial charge in [0, 0.05) is 17.3 Å². The summed E-state index contributed by atoms with van der Waals surface area (Å²) in [6, 6.07) is 20.9. The normalized spacial score (nSPS) is 11.7. The smallest absolute Gasteiger partial charge is 0.128 e. The highest BCUT2D eigenvalue weighted by atomic mass is 35.5. The van der Waals surface area contributed by atoms with E-state index < -0.39 is 0 Å². The van der Waals surface area contributed by atoms with E-state index in [-0.39, 0.29) is 5.75 Å². The third-order valence-corrected chi connectivity index (χ3v) is 5.30. The number of thiazole rings is 1. The van der Waals surface area contributed by atoms with Crippen LogP contribution in [0.3, 0.4) is 0 Å². The number of hydrogen-bond donors (Lipinski definition) is 1. The van der Waals surface area contributed by atoms with E-state index in [0.717, 1.165) is 20.8 Å². The fourth-order valence-corrected chi connectivity index (χ4v) is 3.75. The van der Waals surface area contributed by atoms with Crippen LogP contribution in [0.1, 0.15) is 5.56 Å². The minimum atomic E-state index is 0.172. The van der Waals surface area contributed by atoms with Crippen LogP contribution in [0.2, 0.25) is 5.02 Å². The maximum atomic E-state index is 10.4. The van der Waals surface area contributed by atoms with Crippen molar-refractivity contribution >= 4 is 51.1 Å². The second kappa shape index (κ2) is 7.74. The van der Waals surface area contributed by atoms with Gasteiger partial charge in [0.05, 0.1) is 21.5 Å². The number of halogens is 1. The van der Waals surface area contributed by atoms with Gasteiger partial charge in [-0.1, -0.05) is 41.9 Å². The minimum absolute atomic E-state index is 0.172. The molecule has 1 heterocycles. The fourth-order valence-electron chi connectivity index (χ4n) is 2.63. The topological polar surface area (TPSA) is 45.5 Å². The molecule has 3 aromatic carbocycles. The lowest BCUT2D eigenvalue weighted by atomic mass is 10.2. The van der Waals surface area contributed by atoms with E-state index in [1.54, 1.807) is 23.6 Å². The number of allylic oxidation sites excluding steroid dienone is 1. The molecule has 132 valence electrons. The molecule has 0 spiro atoms. The van der Waals surface area contributed by atoms with Crippen LogP contribution in [0.5, 0.6) is 5.75 Å². The number of fused-ring (bicyclic) bond motifs is 1. The summed E-state index contributed by atoms with van der Waals surface area (Å²) < 4.78 is 1.10. The molecule has 0 radical (unpaired) electrons. The summed E-state index contributed by atoms with van der Waals surface area (Å²) in [4.78, 5) is 8.95. The van der Waals surface area contributed by atoms with Gasteiger partial charge in [-0.25, -0.2) is 4.98 Å². The molecule has 0 saturated heterocycles. The third kappa shape index (κ3) is 4.08. The molecule has 5 heteroatoms. The van der Waals surface area contributed by atoms with Crippen LogP contribution in [0.25, 0.3) is 26.9 Å². The van der Waals surface area contributed by atoms with Crippen LogP contribution in [0, 0.1) is 0 Å². The molecule has 0 saturated carbocycles. The molecule has 27 heavy (non-hydrogen) atoms. The Morgan fingerprint density at radius 2 is 1.81 bits per heavy atom. The number of benzene rings is 3. The van der Waals surface area contributed by atoms with E-state index in [1.807, 2.05) is 72.8 Å². The number of aliphatic imine (C=N–C) groups is 1. The molecule has 0 unspecified atom stereocenters. The molecule has 1 aromatic heterocycles. The van der Waals surface area contributed by atoms with Gasteiger partial charge in [0.15, 0.2) is 0 Å². The average molecular weight is 391 g/mol. The number of rotatable bonds is 4. The number of phenols is 1. The maximum Gasteiger partial charge on any atom is 0.128 e. The van der Waals surface area contributed by atoms with Crippen LogP contribution in [-0.2, 0) is 0 Å². The Labute approximate surface area is 165 Å². The standard InChI is InChI=1S/C22H15ClN2OS/c23-16-9-7-15(8-10-16)4-3-13-24-17-11-12-18(20(26)14-17)22-25-19-5-1-2-6-21(19)27-22/h1-14,26H/b4-3+,24-13?.